The highest BCUT2D eigenvalue weighted by atomic mass is 32.1. The van der Waals surface area contributed by atoms with Gasteiger partial charge in [-0.2, -0.15) is 0 Å². The number of ether oxygens (including phenoxy) is 4. The Morgan fingerprint density at radius 1 is 1.08 bits per heavy atom. The molecule has 0 spiro atoms. The third-order valence-corrected chi connectivity index (χ3v) is 8.16. The fourth-order valence-electron chi connectivity index (χ4n) is 4.85. The zero-order chi connectivity index (χ0) is 29.8. The lowest BCUT2D eigenvalue weighted by molar-refractivity contribution is -0.151. The van der Waals surface area contributed by atoms with Crippen LogP contribution in [0.3, 0.4) is 0 Å². The third-order valence-electron chi connectivity index (χ3n) is 7.37. The Morgan fingerprint density at radius 2 is 1.74 bits per heavy atom. The van der Waals surface area contributed by atoms with Crippen molar-refractivity contribution < 1.29 is 28.5 Å². The highest BCUT2D eigenvalue weighted by Crippen LogP contribution is 2.33. The maximum atomic E-state index is 13.5. The van der Waals surface area contributed by atoms with Gasteiger partial charge in [0.1, 0.15) is 5.78 Å². The first-order valence-electron chi connectivity index (χ1n) is 13.4. The molecule has 0 amide bonds. The van der Waals surface area contributed by atoms with Gasteiger partial charge >= 0.3 is 5.97 Å². The van der Waals surface area contributed by atoms with Crippen molar-refractivity contribution in [2.24, 2.45) is 17.3 Å². The second-order valence-electron chi connectivity index (χ2n) is 10.8. The number of ketones is 1. The van der Waals surface area contributed by atoms with E-state index in [1.165, 1.54) is 19.8 Å². The van der Waals surface area contributed by atoms with Crippen LogP contribution in [0, 0.1) is 24.2 Å². The first-order chi connectivity index (χ1) is 18.3. The fraction of sp³-hybridized carbons (Fsp3) is 0.645. The van der Waals surface area contributed by atoms with E-state index in [2.05, 4.69) is 55.4 Å². The molecule has 5 atom stereocenters. The number of nitrogens with zero attached hydrogens (tertiary/aromatic N) is 1. The van der Waals surface area contributed by atoms with Gasteiger partial charge < -0.3 is 18.9 Å². The molecule has 0 saturated heterocycles. The molecule has 1 heterocycles. The summed E-state index contributed by atoms with van der Waals surface area (Å²) >= 11 is 1.64. The average molecular weight is 564 g/mol. The Labute approximate surface area is 239 Å². The van der Waals surface area contributed by atoms with Gasteiger partial charge in [0.2, 0.25) is 0 Å². The van der Waals surface area contributed by atoms with Crippen LogP contribution in [0.2, 0.25) is 0 Å². The number of allylic oxidation sites excluding steroid dienone is 2. The number of aryl methyl sites for hydroxylation is 1. The van der Waals surface area contributed by atoms with Crippen LogP contribution >= 0.6 is 11.3 Å². The predicted molar refractivity (Wildman–Crippen MR) is 159 cm³/mol. The molecule has 39 heavy (non-hydrogen) atoms. The minimum absolute atomic E-state index is 0.00643. The van der Waals surface area contributed by atoms with Crippen LogP contribution in [0.4, 0.5) is 0 Å². The quantitative estimate of drug-likeness (QED) is 0.156. The predicted octanol–water partition coefficient (Wildman–Crippen LogP) is 6.61. The number of carbonyl (C=O) groups excluding carboxylic acids is 2. The number of methoxy groups -OCH3 is 4. The fourth-order valence-corrected chi connectivity index (χ4v) is 5.42. The van der Waals surface area contributed by atoms with Crippen LogP contribution in [0.15, 0.2) is 34.8 Å². The minimum atomic E-state index is -0.884. The van der Waals surface area contributed by atoms with E-state index in [0.717, 1.165) is 29.1 Å². The Bertz CT molecular complexity index is 1010. The molecule has 0 aliphatic heterocycles. The lowest BCUT2D eigenvalue weighted by Crippen LogP contribution is -2.46. The molecule has 0 bridgehead atoms. The van der Waals surface area contributed by atoms with Gasteiger partial charge in [-0.15, -0.1) is 11.3 Å². The maximum Gasteiger partial charge on any atom is 0.308 e. The molecule has 0 radical (unpaired) electrons. The molecule has 0 saturated carbocycles. The highest BCUT2D eigenvalue weighted by Gasteiger charge is 2.43. The van der Waals surface area contributed by atoms with E-state index in [0.29, 0.717) is 0 Å². The van der Waals surface area contributed by atoms with Gasteiger partial charge in [-0.3, -0.25) is 9.59 Å². The number of esters is 1. The van der Waals surface area contributed by atoms with Crippen LogP contribution in [0.1, 0.15) is 71.5 Å². The van der Waals surface area contributed by atoms with Crippen molar-refractivity contribution in [2.75, 3.05) is 28.4 Å². The molecule has 1 aromatic rings. The maximum absolute atomic E-state index is 13.5. The summed E-state index contributed by atoms with van der Waals surface area (Å²) in [4.78, 5) is 29.9. The first kappa shape index (κ1) is 34.9. The van der Waals surface area contributed by atoms with Crippen LogP contribution < -0.4 is 0 Å². The monoisotopic (exact) mass is 563 g/mol. The summed E-state index contributed by atoms with van der Waals surface area (Å²) in [6, 6.07) is 0. The number of hydrogen-bond acceptors (Lipinski definition) is 8. The normalized spacial score (nSPS) is 17.1. The van der Waals surface area contributed by atoms with Crippen LogP contribution in [0.25, 0.3) is 6.08 Å². The van der Waals surface area contributed by atoms with Gasteiger partial charge in [-0.1, -0.05) is 51.5 Å². The number of carbonyl (C=O) groups is 2. The molecular formula is C31H49NO6S. The summed E-state index contributed by atoms with van der Waals surface area (Å²) in [5.74, 6) is -0.799. The SMILES string of the molecule is COC(=O)CC(OC)C(C)(C)C(=O)C(C)C(OC)C(C)/C=C\C/C(C)=C\CC(OC)/C(C)=C/c1csc(C)n1. The van der Waals surface area contributed by atoms with E-state index in [9.17, 15) is 9.59 Å². The summed E-state index contributed by atoms with van der Waals surface area (Å²) < 4.78 is 21.8. The summed E-state index contributed by atoms with van der Waals surface area (Å²) in [7, 11) is 6.21. The second-order valence-corrected chi connectivity index (χ2v) is 11.8. The molecule has 0 aliphatic carbocycles. The largest absolute Gasteiger partial charge is 0.469 e. The number of aromatic nitrogens is 1. The standard InChI is InChI=1S/C31H49NO6S/c1-20(15-16-26(35-8)22(3)17-25-19-39-24(5)32-25)13-12-14-21(2)29(38-11)23(4)30(34)31(6,7)27(36-9)18-28(33)37-10/h12,14-15,17,19,21,23,26-27,29H,13,16,18H2,1-11H3/b14-12-,20-15-,22-17+. The number of Topliss-reactive ketones (excluding diaryl/α,β-unsaturated/α-hetero) is 1. The van der Waals surface area contributed by atoms with Crippen molar-refractivity contribution in [2.45, 2.75) is 86.0 Å². The van der Waals surface area contributed by atoms with Crippen molar-refractivity contribution in [3.05, 3.63) is 45.5 Å². The van der Waals surface area contributed by atoms with Crippen molar-refractivity contribution in [3.63, 3.8) is 0 Å². The van der Waals surface area contributed by atoms with Crippen molar-refractivity contribution >= 4 is 29.2 Å². The molecule has 0 N–H and O–H groups in total. The number of thiazole rings is 1. The Hall–Kier alpha value is -2.13. The number of rotatable bonds is 17. The number of hydrogen-bond donors (Lipinski definition) is 0. The van der Waals surface area contributed by atoms with Crippen molar-refractivity contribution in [1.29, 1.82) is 0 Å². The van der Waals surface area contributed by atoms with Crippen molar-refractivity contribution in [1.82, 2.24) is 4.98 Å². The minimum Gasteiger partial charge on any atom is -0.469 e. The Morgan fingerprint density at radius 3 is 2.26 bits per heavy atom. The molecular weight excluding hydrogens is 514 g/mol. The second kappa shape index (κ2) is 16.9. The zero-order valence-electron chi connectivity index (χ0n) is 25.7. The van der Waals surface area contributed by atoms with E-state index < -0.39 is 23.4 Å². The van der Waals surface area contributed by atoms with Crippen LogP contribution in [-0.4, -0.2) is 63.5 Å². The summed E-state index contributed by atoms with van der Waals surface area (Å²) in [6.45, 7) is 13.7. The third kappa shape index (κ3) is 10.7. The Balaban J connectivity index is 2.81. The van der Waals surface area contributed by atoms with Gasteiger partial charge in [-0.25, -0.2) is 4.98 Å². The lowest BCUT2D eigenvalue weighted by Gasteiger charge is -2.36. The van der Waals surface area contributed by atoms with E-state index in [1.54, 1.807) is 25.6 Å². The molecule has 1 rings (SSSR count). The molecule has 220 valence electrons. The summed E-state index contributed by atoms with van der Waals surface area (Å²) in [5.41, 5.74) is 2.47. The molecule has 0 aliphatic rings. The summed E-state index contributed by atoms with van der Waals surface area (Å²) in [6.07, 6.45) is 9.21. The lowest BCUT2D eigenvalue weighted by atomic mass is 9.73. The van der Waals surface area contributed by atoms with E-state index >= 15 is 0 Å². The van der Waals surface area contributed by atoms with Gasteiger partial charge in [0.05, 0.1) is 48.0 Å². The Kier molecular flexibility index (Phi) is 15.1. The molecule has 1 aromatic heterocycles. The molecule has 0 fully saturated rings. The van der Waals surface area contributed by atoms with Gasteiger partial charge in [0, 0.05) is 38.5 Å². The molecule has 5 unspecified atom stereocenters. The van der Waals surface area contributed by atoms with Crippen LogP contribution in [0.5, 0.6) is 0 Å². The molecule has 8 heteroatoms. The van der Waals surface area contributed by atoms with Crippen molar-refractivity contribution in [3.8, 4) is 0 Å². The topological polar surface area (TPSA) is 84.0 Å². The first-order valence-corrected chi connectivity index (χ1v) is 14.3. The molecule has 7 nitrogen and oxygen atoms in total. The van der Waals surface area contributed by atoms with E-state index in [-0.39, 0.29) is 30.3 Å². The molecule has 0 aromatic carbocycles. The smallest absolute Gasteiger partial charge is 0.308 e. The van der Waals surface area contributed by atoms with Gasteiger partial charge in [-0.05, 0) is 45.3 Å². The zero-order valence-corrected chi connectivity index (χ0v) is 26.5. The van der Waals surface area contributed by atoms with E-state index in [4.69, 9.17) is 18.9 Å². The van der Waals surface area contributed by atoms with E-state index in [1.807, 2.05) is 27.7 Å². The van der Waals surface area contributed by atoms with Gasteiger partial charge in [0.25, 0.3) is 0 Å². The average Bonchev–Trinajstić information content (AvgIpc) is 3.31. The van der Waals surface area contributed by atoms with Crippen LogP contribution in [-0.2, 0) is 28.5 Å². The highest BCUT2D eigenvalue weighted by molar-refractivity contribution is 7.09. The van der Waals surface area contributed by atoms with Gasteiger partial charge in [0.15, 0.2) is 0 Å². The summed E-state index contributed by atoms with van der Waals surface area (Å²) in [5, 5.41) is 3.11.